The smallest absolute Gasteiger partial charge is 0.291 e. The largest absolute Gasteiger partial charge is 0.459 e. The van der Waals surface area contributed by atoms with Gasteiger partial charge in [-0.1, -0.05) is 39.0 Å². The Kier molecular flexibility index (Phi) is 10.1. The highest BCUT2D eigenvalue weighted by Gasteiger charge is 2.28. The van der Waals surface area contributed by atoms with Crippen LogP contribution in [-0.2, 0) is 4.79 Å². The van der Waals surface area contributed by atoms with Crippen LogP contribution in [0.4, 0.5) is 17.1 Å². The average molecular weight is 534 g/mol. The molecular weight excluding hydrogens is 494 g/mol. The molecule has 0 spiro atoms. The first-order valence-electron chi connectivity index (χ1n) is 13.2. The van der Waals surface area contributed by atoms with Gasteiger partial charge >= 0.3 is 0 Å². The summed E-state index contributed by atoms with van der Waals surface area (Å²) < 4.78 is 5.22. The Balaban J connectivity index is 1.65. The molecule has 0 saturated carbocycles. The van der Waals surface area contributed by atoms with Gasteiger partial charge in [0.05, 0.1) is 17.6 Å². The molecule has 3 amide bonds. The number of rotatable bonds is 13. The third kappa shape index (κ3) is 8.10. The van der Waals surface area contributed by atoms with Gasteiger partial charge in [-0.15, -0.1) is 0 Å². The van der Waals surface area contributed by atoms with Crippen LogP contribution in [0.3, 0.4) is 0 Å². The summed E-state index contributed by atoms with van der Waals surface area (Å²) in [7, 11) is 1.74. The summed E-state index contributed by atoms with van der Waals surface area (Å²) >= 11 is 0. The second-order valence-corrected chi connectivity index (χ2v) is 10.1. The lowest BCUT2D eigenvalue weighted by molar-refractivity contribution is -0.139. The van der Waals surface area contributed by atoms with Crippen molar-refractivity contribution < 1.29 is 18.8 Å². The summed E-state index contributed by atoms with van der Waals surface area (Å²) in [5.41, 5.74) is 3.28. The van der Waals surface area contributed by atoms with Gasteiger partial charge in [0.15, 0.2) is 5.76 Å². The highest BCUT2D eigenvalue weighted by molar-refractivity contribution is 6.05. The van der Waals surface area contributed by atoms with E-state index in [1.165, 1.54) is 6.26 Å². The SMILES string of the molecule is CCC(C)(C)C(=O)N(C)CCNC(=O)c1ccc(NCCNc2ccccc2C)c(NC(=O)c2ccco2)c1. The third-order valence-electron chi connectivity index (χ3n) is 6.72. The van der Waals surface area contributed by atoms with Gasteiger partial charge < -0.3 is 30.6 Å². The van der Waals surface area contributed by atoms with Crippen LogP contribution in [0.15, 0.2) is 65.3 Å². The fraction of sp³-hybridized carbons (Fsp3) is 0.367. The minimum absolute atomic E-state index is 0.0366. The van der Waals surface area contributed by atoms with Crippen molar-refractivity contribution in [3.63, 3.8) is 0 Å². The van der Waals surface area contributed by atoms with Gasteiger partial charge in [0.25, 0.3) is 11.8 Å². The number of para-hydroxylation sites is 1. The van der Waals surface area contributed by atoms with Gasteiger partial charge in [-0.25, -0.2) is 0 Å². The molecule has 0 aliphatic rings. The van der Waals surface area contributed by atoms with Crippen LogP contribution in [0.2, 0.25) is 0 Å². The van der Waals surface area contributed by atoms with Crippen molar-refractivity contribution >= 4 is 34.8 Å². The summed E-state index contributed by atoms with van der Waals surface area (Å²) in [5, 5.41) is 12.4. The molecule has 3 aromatic rings. The summed E-state index contributed by atoms with van der Waals surface area (Å²) in [6, 6.07) is 16.3. The fourth-order valence-electron chi connectivity index (χ4n) is 3.91. The van der Waals surface area contributed by atoms with Crippen molar-refractivity contribution in [3.05, 3.63) is 77.7 Å². The lowest BCUT2D eigenvalue weighted by atomic mass is 9.89. The number of nitrogens with one attached hydrogen (secondary N) is 4. The molecule has 4 N–H and O–H groups in total. The van der Waals surface area contributed by atoms with Crippen LogP contribution in [0.5, 0.6) is 0 Å². The molecule has 9 nitrogen and oxygen atoms in total. The van der Waals surface area contributed by atoms with E-state index in [1.807, 2.05) is 52.0 Å². The standard InChI is InChI=1S/C30H39N5O4/c1-6-30(3,4)29(38)35(5)18-17-33-27(36)22-13-14-24(25(20-22)34-28(37)26-12-9-19-39-26)32-16-15-31-23-11-8-7-10-21(23)2/h7-14,19-20,31-32H,6,15-18H2,1-5H3,(H,33,36)(H,34,37). The second-order valence-electron chi connectivity index (χ2n) is 10.1. The van der Waals surface area contributed by atoms with Gasteiger partial charge in [0.2, 0.25) is 5.91 Å². The highest BCUT2D eigenvalue weighted by Crippen LogP contribution is 2.25. The first-order valence-corrected chi connectivity index (χ1v) is 13.2. The first kappa shape index (κ1) is 29.3. The zero-order valence-corrected chi connectivity index (χ0v) is 23.4. The molecular formula is C30H39N5O4. The maximum atomic E-state index is 12.9. The summed E-state index contributed by atoms with van der Waals surface area (Å²) in [4.78, 5) is 39.8. The van der Waals surface area contributed by atoms with E-state index >= 15 is 0 Å². The molecule has 208 valence electrons. The molecule has 0 atom stereocenters. The molecule has 1 heterocycles. The zero-order chi connectivity index (χ0) is 28.4. The van der Waals surface area contributed by atoms with Crippen molar-refractivity contribution in [2.24, 2.45) is 5.41 Å². The third-order valence-corrected chi connectivity index (χ3v) is 6.72. The molecule has 1 aromatic heterocycles. The van der Waals surface area contributed by atoms with E-state index < -0.39 is 11.3 Å². The molecule has 3 rings (SSSR count). The van der Waals surface area contributed by atoms with Gasteiger partial charge in [0, 0.05) is 49.9 Å². The average Bonchev–Trinajstić information content (AvgIpc) is 3.47. The van der Waals surface area contributed by atoms with Crippen LogP contribution in [0, 0.1) is 12.3 Å². The van der Waals surface area contributed by atoms with Crippen LogP contribution < -0.4 is 21.3 Å². The topological polar surface area (TPSA) is 116 Å². The van der Waals surface area contributed by atoms with Crippen LogP contribution >= 0.6 is 0 Å². The molecule has 2 aromatic carbocycles. The predicted molar refractivity (Wildman–Crippen MR) is 155 cm³/mol. The molecule has 0 bridgehead atoms. The molecule has 0 aliphatic carbocycles. The Morgan fingerprint density at radius 1 is 0.872 bits per heavy atom. The van der Waals surface area contributed by atoms with E-state index in [4.69, 9.17) is 4.42 Å². The molecule has 0 radical (unpaired) electrons. The van der Waals surface area contributed by atoms with Crippen LogP contribution in [-0.4, -0.2) is 55.8 Å². The van der Waals surface area contributed by atoms with Crippen molar-refractivity contribution in [2.45, 2.75) is 34.1 Å². The maximum absolute atomic E-state index is 12.9. The van der Waals surface area contributed by atoms with Crippen molar-refractivity contribution in [2.75, 3.05) is 49.2 Å². The number of hydrogen-bond acceptors (Lipinski definition) is 6. The Bertz CT molecular complexity index is 1270. The molecule has 0 saturated heterocycles. The van der Waals surface area contributed by atoms with E-state index in [-0.39, 0.29) is 17.6 Å². The number of benzene rings is 2. The number of hydrogen-bond donors (Lipinski definition) is 4. The highest BCUT2D eigenvalue weighted by atomic mass is 16.3. The van der Waals surface area contributed by atoms with Crippen LogP contribution in [0.1, 0.15) is 53.7 Å². The number of carbonyl (C=O) groups is 3. The van der Waals surface area contributed by atoms with E-state index in [0.29, 0.717) is 43.1 Å². The summed E-state index contributed by atoms with van der Waals surface area (Å²) in [6.07, 6.45) is 2.16. The number of nitrogens with zero attached hydrogens (tertiary/aromatic N) is 1. The molecule has 0 unspecified atom stereocenters. The molecule has 0 aliphatic heterocycles. The van der Waals surface area contributed by atoms with Gasteiger partial charge in [0.1, 0.15) is 0 Å². The maximum Gasteiger partial charge on any atom is 0.291 e. The minimum atomic E-state index is -0.446. The van der Waals surface area contributed by atoms with E-state index in [0.717, 1.165) is 17.7 Å². The van der Waals surface area contributed by atoms with Gasteiger partial charge in [-0.05, 0) is 55.3 Å². The van der Waals surface area contributed by atoms with Gasteiger partial charge in [-0.2, -0.15) is 0 Å². The van der Waals surface area contributed by atoms with E-state index in [2.05, 4.69) is 21.3 Å². The predicted octanol–water partition coefficient (Wildman–Crippen LogP) is 4.99. The summed E-state index contributed by atoms with van der Waals surface area (Å²) in [6.45, 7) is 9.79. The lowest BCUT2D eigenvalue weighted by Crippen LogP contribution is -2.42. The normalized spacial score (nSPS) is 11.0. The Hall–Kier alpha value is -4.27. The quantitative estimate of drug-likeness (QED) is 0.230. The lowest BCUT2D eigenvalue weighted by Gasteiger charge is -2.28. The number of likely N-dealkylation sites (N-methyl/N-ethyl adjacent to an activating group) is 1. The van der Waals surface area contributed by atoms with Crippen LogP contribution in [0.25, 0.3) is 0 Å². The molecule has 9 heteroatoms. The monoisotopic (exact) mass is 533 g/mol. The van der Waals surface area contributed by atoms with Gasteiger partial charge in [-0.3, -0.25) is 14.4 Å². The molecule has 39 heavy (non-hydrogen) atoms. The number of anilines is 3. The Morgan fingerprint density at radius 2 is 1.59 bits per heavy atom. The van der Waals surface area contributed by atoms with E-state index in [1.54, 1.807) is 42.3 Å². The number of aryl methyl sites for hydroxylation is 1. The van der Waals surface area contributed by atoms with Crippen molar-refractivity contribution in [1.82, 2.24) is 10.2 Å². The summed E-state index contributed by atoms with van der Waals surface area (Å²) in [5.74, 6) is -0.515. The van der Waals surface area contributed by atoms with Crippen molar-refractivity contribution in [3.8, 4) is 0 Å². The fourth-order valence-corrected chi connectivity index (χ4v) is 3.91. The second kappa shape index (κ2) is 13.5. The first-order chi connectivity index (χ1) is 18.6. The number of furan rings is 1. The Labute approximate surface area is 230 Å². The Morgan fingerprint density at radius 3 is 2.26 bits per heavy atom. The molecule has 0 fully saturated rings. The van der Waals surface area contributed by atoms with E-state index in [9.17, 15) is 14.4 Å². The number of amides is 3. The van der Waals surface area contributed by atoms with Crippen molar-refractivity contribution in [1.29, 1.82) is 0 Å². The minimum Gasteiger partial charge on any atom is -0.459 e. The zero-order valence-electron chi connectivity index (χ0n) is 23.4. The number of carbonyl (C=O) groups excluding carboxylic acids is 3.